The Morgan fingerprint density at radius 1 is 1.18 bits per heavy atom. The average Bonchev–Trinajstić information content (AvgIpc) is 3.27. The lowest BCUT2D eigenvalue weighted by atomic mass is 10.1. The molecule has 2 aromatic rings. The van der Waals surface area contributed by atoms with Gasteiger partial charge in [-0.25, -0.2) is 13.2 Å². The first-order valence-electron chi connectivity index (χ1n) is 11.6. The van der Waals surface area contributed by atoms with Gasteiger partial charge in [0, 0.05) is 25.4 Å². The van der Waals surface area contributed by atoms with Crippen LogP contribution in [0.25, 0.3) is 0 Å². The number of ether oxygens (including phenoxy) is 2. The largest absolute Gasteiger partial charge is 0.484 e. The van der Waals surface area contributed by atoms with Gasteiger partial charge in [-0.2, -0.15) is 31.4 Å². The lowest BCUT2D eigenvalue weighted by molar-refractivity contribution is -0.242. The number of carbonyl (C=O) groups excluding carboxylic acids is 2. The Morgan fingerprint density at radius 2 is 1.82 bits per heavy atom. The number of rotatable bonds is 7. The van der Waals surface area contributed by atoms with E-state index in [1.165, 1.54) is 13.8 Å². The second-order valence-corrected chi connectivity index (χ2v) is 10.9. The van der Waals surface area contributed by atoms with Crippen LogP contribution in [-0.2, 0) is 32.3 Å². The van der Waals surface area contributed by atoms with Gasteiger partial charge < -0.3 is 14.8 Å². The molecule has 2 amide bonds. The van der Waals surface area contributed by atoms with Gasteiger partial charge in [0.05, 0.1) is 18.8 Å². The molecule has 2 N–H and O–H groups in total. The summed E-state index contributed by atoms with van der Waals surface area (Å²) in [7, 11) is -5.00. The third kappa shape index (κ3) is 6.53. The Hall–Kier alpha value is -3.70. The molecule has 0 fully saturated rings. The molecule has 1 aromatic carbocycles. The Kier molecular flexibility index (Phi) is 8.25. The summed E-state index contributed by atoms with van der Waals surface area (Å²) in [5, 5.41) is 7.81. The lowest BCUT2D eigenvalue weighted by Gasteiger charge is -2.35. The van der Waals surface area contributed by atoms with Crippen LogP contribution in [-0.4, -0.2) is 61.2 Å². The second-order valence-electron chi connectivity index (χ2n) is 9.11. The molecule has 0 unspecified atom stereocenters. The Balaban J connectivity index is 2.05. The first kappa shape index (κ1) is 30.8. The van der Waals surface area contributed by atoms with Crippen molar-refractivity contribution in [3.63, 3.8) is 0 Å². The molecule has 3 rings (SSSR count). The van der Waals surface area contributed by atoms with Crippen LogP contribution in [0.3, 0.4) is 0 Å². The maximum absolute atomic E-state index is 13.7. The summed E-state index contributed by atoms with van der Waals surface area (Å²) >= 11 is 0. The van der Waals surface area contributed by atoms with Crippen molar-refractivity contribution in [2.75, 3.05) is 22.7 Å². The Bertz CT molecular complexity index is 1390. The fourth-order valence-corrected chi connectivity index (χ4v) is 5.14. The molecule has 0 saturated heterocycles. The van der Waals surface area contributed by atoms with Crippen molar-refractivity contribution in [2.24, 2.45) is 0 Å². The highest BCUT2D eigenvalue weighted by molar-refractivity contribution is 7.92. The van der Waals surface area contributed by atoms with Crippen LogP contribution in [0.1, 0.15) is 33.4 Å². The van der Waals surface area contributed by atoms with Gasteiger partial charge in [-0.1, -0.05) is 0 Å². The zero-order valence-corrected chi connectivity index (χ0v) is 22.3. The van der Waals surface area contributed by atoms with E-state index in [1.54, 1.807) is 0 Å². The lowest BCUT2D eigenvalue weighted by Crippen LogP contribution is -2.48. The van der Waals surface area contributed by atoms with Crippen molar-refractivity contribution in [3.8, 4) is 5.75 Å². The highest BCUT2D eigenvalue weighted by atomic mass is 32.2. The van der Waals surface area contributed by atoms with Gasteiger partial charge in [-0.15, -0.1) is 0 Å². The van der Waals surface area contributed by atoms with E-state index in [0.717, 1.165) is 29.1 Å². The van der Waals surface area contributed by atoms with Gasteiger partial charge in [0.2, 0.25) is 11.5 Å². The first-order valence-corrected chi connectivity index (χ1v) is 13.0. The van der Waals surface area contributed by atoms with E-state index in [1.807, 2.05) is 5.32 Å². The topological polar surface area (TPSA) is 132 Å². The van der Waals surface area contributed by atoms with Crippen LogP contribution in [0, 0.1) is 0 Å². The summed E-state index contributed by atoms with van der Waals surface area (Å²) in [5.74, 6) is -0.636. The van der Waals surface area contributed by atoms with E-state index in [9.17, 15) is 44.3 Å². The number of alkyl halides is 6. The number of amides is 2. The molecule has 18 heteroatoms. The molecule has 0 saturated carbocycles. The van der Waals surface area contributed by atoms with Crippen molar-refractivity contribution in [3.05, 3.63) is 30.1 Å². The molecule has 40 heavy (non-hydrogen) atoms. The van der Waals surface area contributed by atoms with Gasteiger partial charge in [0.25, 0.3) is 10.0 Å². The summed E-state index contributed by atoms with van der Waals surface area (Å²) < 4.78 is 119. The monoisotopic (exact) mass is 601 g/mol. The number of aromatic nitrogens is 2. The number of aryl methyl sites for hydroxylation is 1. The molecule has 0 aliphatic carbocycles. The normalized spacial score (nSPS) is 16.1. The molecule has 0 bridgehead atoms. The maximum atomic E-state index is 13.7. The van der Waals surface area contributed by atoms with Crippen molar-refractivity contribution in [2.45, 2.75) is 63.2 Å². The SMILES string of the molecule is CCn1cc(S(=O)(=O)N2C[C@H](CNC(C)=O)Oc3ccc(NC(=O)OC(C)(C)C(F)(F)F)cc32)c(C(F)(F)F)n1. The summed E-state index contributed by atoms with van der Waals surface area (Å²) in [6, 6.07) is 3.30. The Morgan fingerprint density at radius 3 is 2.38 bits per heavy atom. The van der Waals surface area contributed by atoms with E-state index in [0.29, 0.717) is 18.2 Å². The van der Waals surface area contributed by atoms with Gasteiger partial charge in [0.15, 0.2) is 5.69 Å². The quantitative estimate of drug-likeness (QED) is 0.460. The summed E-state index contributed by atoms with van der Waals surface area (Å²) in [6.07, 6.45) is -11.9. The number of anilines is 2. The first-order chi connectivity index (χ1) is 18.3. The number of sulfonamides is 1. The van der Waals surface area contributed by atoms with Gasteiger partial charge in [-0.05, 0) is 39.0 Å². The molecule has 1 aromatic heterocycles. The molecule has 1 aliphatic heterocycles. The molecular weight excluding hydrogens is 576 g/mol. The minimum atomic E-state index is -5.13. The summed E-state index contributed by atoms with van der Waals surface area (Å²) in [5.41, 5.74) is -5.10. The number of carbonyl (C=O) groups is 2. The number of hydrogen-bond acceptors (Lipinski definition) is 7. The number of fused-ring (bicyclic) bond motifs is 1. The van der Waals surface area contributed by atoms with E-state index in [4.69, 9.17) is 4.74 Å². The highest BCUT2D eigenvalue weighted by Crippen LogP contribution is 2.42. The third-order valence-corrected chi connectivity index (χ3v) is 7.42. The van der Waals surface area contributed by atoms with E-state index in [-0.39, 0.29) is 30.2 Å². The zero-order valence-electron chi connectivity index (χ0n) is 21.5. The van der Waals surface area contributed by atoms with Crippen LogP contribution < -0.4 is 19.7 Å². The van der Waals surface area contributed by atoms with E-state index in [2.05, 4.69) is 15.2 Å². The zero-order chi connectivity index (χ0) is 30.3. The van der Waals surface area contributed by atoms with Crippen LogP contribution in [0.4, 0.5) is 42.5 Å². The summed E-state index contributed by atoms with van der Waals surface area (Å²) in [4.78, 5) is 22.4. The van der Waals surface area contributed by atoms with Crippen molar-refractivity contribution in [1.82, 2.24) is 15.1 Å². The number of halogens is 6. The predicted molar refractivity (Wildman–Crippen MR) is 127 cm³/mol. The minimum Gasteiger partial charge on any atom is -0.484 e. The van der Waals surface area contributed by atoms with Crippen molar-refractivity contribution in [1.29, 1.82) is 0 Å². The number of nitrogens with one attached hydrogen (secondary N) is 2. The molecule has 0 radical (unpaired) electrons. The van der Waals surface area contributed by atoms with E-state index >= 15 is 0 Å². The van der Waals surface area contributed by atoms with E-state index < -0.39 is 63.2 Å². The molecular formula is C22H25F6N5O6S. The molecule has 2 heterocycles. The number of hydrogen-bond donors (Lipinski definition) is 2. The van der Waals surface area contributed by atoms with Gasteiger partial charge >= 0.3 is 18.4 Å². The maximum Gasteiger partial charge on any atom is 0.436 e. The fourth-order valence-electron chi connectivity index (χ4n) is 3.48. The van der Waals surface area contributed by atoms with Crippen LogP contribution in [0.5, 0.6) is 5.75 Å². The van der Waals surface area contributed by atoms with Crippen molar-refractivity contribution < 1.29 is 53.8 Å². The van der Waals surface area contributed by atoms with Gasteiger partial charge in [-0.3, -0.25) is 19.1 Å². The predicted octanol–water partition coefficient (Wildman–Crippen LogP) is 3.90. The molecule has 0 spiro atoms. The third-order valence-electron chi connectivity index (χ3n) is 5.63. The van der Waals surface area contributed by atoms with Crippen LogP contribution in [0.15, 0.2) is 29.3 Å². The number of nitrogens with zero attached hydrogens (tertiary/aromatic N) is 3. The second kappa shape index (κ2) is 10.7. The average molecular weight is 602 g/mol. The molecule has 11 nitrogen and oxygen atoms in total. The molecule has 1 atom stereocenters. The summed E-state index contributed by atoms with van der Waals surface area (Å²) in [6.45, 7) is 3.02. The minimum absolute atomic E-state index is 0.0755. The smallest absolute Gasteiger partial charge is 0.436 e. The standard InChI is InChI=1S/C22H25F6N5O6S/c1-5-32-11-17(18(31-32)21(23,24)25)40(36,37)33-10-14(9-29-12(2)34)38-16-7-6-13(8-15(16)33)30-19(35)39-20(3,4)22(26,27)28/h6-8,11,14H,5,9-10H2,1-4H3,(H,29,34)(H,30,35)/t14-/m0/s1. The number of benzene rings is 1. The molecule has 1 aliphatic rings. The highest BCUT2D eigenvalue weighted by Gasteiger charge is 2.51. The molecule has 222 valence electrons. The Labute approximate surface area is 224 Å². The van der Waals surface area contributed by atoms with Crippen LogP contribution in [0.2, 0.25) is 0 Å². The van der Waals surface area contributed by atoms with Gasteiger partial charge in [0.1, 0.15) is 16.7 Å². The van der Waals surface area contributed by atoms with Crippen molar-refractivity contribution >= 4 is 33.4 Å². The fraction of sp³-hybridized carbons (Fsp3) is 0.500. The van der Waals surface area contributed by atoms with Crippen LogP contribution >= 0.6 is 0 Å².